The third kappa shape index (κ3) is 5.07. The molecule has 2 fully saturated rings. The smallest absolute Gasteiger partial charge is 0.416 e. The van der Waals surface area contributed by atoms with E-state index in [0.717, 1.165) is 12.1 Å². The van der Waals surface area contributed by atoms with Crippen LogP contribution in [0.4, 0.5) is 28.4 Å². The van der Waals surface area contributed by atoms with Crippen LogP contribution in [-0.2, 0) is 15.7 Å². The molecule has 11 heteroatoms. The number of carbonyl (C=O) groups excluding carboxylic acids is 2. The Morgan fingerprint density at radius 1 is 1.12 bits per heavy atom. The number of hydrogen-bond acceptors (Lipinski definition) is 5. The highest BCUT2D eigenvalue weighted by Gasteiger charge is 2.45. The molecule has 0 N–H and O–H groups in total. The van der Waals surface area contributed by atoms with E-state index in [1.165, 1.54) is 18.1 Å². The van der Waals surface area contributed by atoms with Crippen molar-refractivity contribution in [1.29, 1.82) is 0 Å². The maximum absolute atomic E-state index is 13.4. The molecule has 0 bridgehead atoms. The zero-order valence-corrected chi connectivity index (χ0v) is 19.1. The van der Waals surface area contributed by atoms with Crippen molar-refractivity contribution in [3.05, 3.63) is 64.7 Å². The summed E-state index contributed by atoms with van der Waals surface area (Å²) in [5.74, 6) is 0. The van der Waals surface area contributed by atoms with Crippen molar-refractivity contribution >= 4 is 29.5 Å². The van der Waals surface area contributed by atoms with Crippen molar-refractivity contribution in [1.82, 2.24) is 9.80 Å². The van der Waals surface area contributed by atoms with Gasteiger partial charge in [0.25, 0.3) is 0 Å². The van der Waals surface area contributed by atoms with E-state index in [1.807, 2.05) is 4.90 Å². The molecular weight excluding hydrogens is 475 g/mol. The van der Waals surface area contributed by atoms with Crippen LogP contribution in [0.2, 0.25) is 5.02 Å². The van der Waals surface area contributed by atoms with Gasteiger partial charge in [-0.25, -0.2) is 9.59 Å². The fourth-order valence-electron chi connectivity index (χ4n) is 4.29. The summed E-state index contributed by atoms with van der Waals surface area (Å²) in [5, 5.41) is 0.465. The van der Waals surface area contributed by atoms with E-state index in [-0.39, 0.29) is 0 Å². The van der Waals surface area contributed by atoms with Gasteiger partial charge in [-0.15, -0.1) is 0 Å². The van der Waals surface area contributed by atoms with Gasteiger partial charge in [0.2, 0.25) is 0 Å². The molecule has 2 heterocycles. The number of carbonyl (C=O) groups is 2. The molecule has 7 nitrogen and oxygen atoms in total. The van der Waals surface area contributed by atoms with E-state index in [9.17, 15) is 22.8 Å². The molecule has 2 aromatic carbocycles. The molecule has 34 heavy (non-hydrogen) atoms. The number of amides is 2. The Morgan fingerprint density at radius 2 is 1.79 bits per heavy atom. The van der Waals surface area contributed by atoms with Gasteiger partial charge in [-0.3, -0.25) is 9.80 Å². The molecule has 2 amide bonds. The van der Waals surface area contributed by atoms with Crippen molar-refractivity contribution in [3.63, 3.8) is 0 Å². The van der Waals surface area contributed by atoms with Gasteiger partial charge in [-0.1, -0.05) is 23.7 Å². The zero-order valence-electron chi connectivity index (χ0n) is 18.3. The lowest BCUT2D eigenvalue weighted by atomic mass is 9.97. The number of anilines is 1. The van der Waals surface area contributed by atoms with E-state index in [0.29, 0.717) is 49.0 Å². The van der Waals surface area contributed by atoms with Crippen LogP contribution in [0.3, 0.4) is 0 Å². The minimum absolute atomic E-state index is 0.297. The highest BCUT2D eigenvalue weighted by molar-refractivity contribution is 6.30. The highest BCUT2D eigenvalue weighted by Crippen LogP contribution is 2.40. The number of ether oxygens (including phenoxy) is 2. The summed E-state index contributed by atoms with van der Waals surface area (Å²) in [6.07, 6.45) is -6.31. The molecule has 182 valence electrons. The maximum atomic E-state index is 13.4. The van der Waals surface area contributed by atoms with E-state index < -0.39 is 36.1 Å². The molecule has 2 aromatic rings. The van der Waals surface area contributed by atoms with Crippen LogP contribution in [0.1, 0.15) is 17.2 Å². The SMILES string of the molecule is COC(=O)N1CCN(C[C@@H]2OC(=O)N(c3ccc(Cl)cc3)[C@H]2c2cccc(C(F)(F)F)c2)CC1. The number of methoxy groups -OCH3 is 1. The lowest BCUT2D eigenvalue weighted by molar-refractivity contribution is -0.137. The molecule has 0 aliphatic carbocycles. The van der Waals surface area contributed by atoms with Gasteiger partial charge in [-0.05, 0) is 42.0 Å². The van der Waals surface area contributed by atoms with Crippen LogP contribution in [-0.4, -0.2) is 67.9 Å². The summed E-state index contributed by atoms with van der Waals surface area (Å²) in [7, 11) is 1.32. The topological polar surface area (TPSA) is 62.3 Å². The average Bonchev–Trinajstić information content (AvgIpc) is 3.14. The standard InChI is InChI=1S/C23H23ClF3N3O4/c1-33-21(31)29-11-9-28(10-12-29)14-19-20(15-3-2-4-16(13-15)23(25,26)27)30(22(32)34-19)18-7-5-17(24)6-8-18/h2-8,13,19-20H,9-12,14H2,1H3/t19-,20-/m0/s1. The second kappa shape index (κ2) is 9.71. The van der Waals surface area contributed by atoms with E-state index in [1.54, 1.807) is 35.2 Å². The molecule has 2 aliphatic rings. The summed E-state index contributed by atoms with van der Waals surface area (Å²) >= 11 is 5.98. The van der Waals surface area contributed by atoms with Gasteiger partial charge in [-0.2, -0.15) is 13.2 Å². The second-order valence-electron chi connectivity index (χ2n) is 8.09. The van der Waals surface area contributed by atoms with E-state index in [4.69, 9.17) is 21.1 Å². The Morgan fingerprint density at radius 3 is 2.41 bits per heavy atom. The summed E-state index contributed by atoms with van der Waals surface area (Å²) in [6, 6.07) is 10.6. The third-order valence-electron chi connectivity index (χ3n) is 5.98. The number of halogens is 4. The minimum atomic E-state index is -4.52. The van der Waals surface area contributed by atoms with Crippen molar-refractivity contribution in [3.8, 4) is 0 Å². The predicted octanol–water partition coefficient (Wildman–Crippen LogP) is 4.81. The Kier molecular flexibility index (Phi) is 6.90. The number of rotatable bonds is 4. The van der Waals surface area contributed by atoms with Gasteiger partial charge in [0.15, 0.2) is 0 Å². The molecule has 0 radical (unpaired) electrons. The molecule has 2 saturated heterocycles. The zero-order chi connectivity index (χ0) is 24.5. The lowest BCUT2D eigenvalue weighted by Crippen LogP contribution is -2.51. The molecule has 2 atom stereocenters. The number of alkyl halides is 3. The fourth-order valence-corrected chi connectivity index (χ4v) is 4.42. The predicted molar refractivity (Wildman–Crippen MR) is 119 cm³/mol. The molecule has 2 aliphatic heterocycles. The van der Waals surface area contributed by atoms with Crippen LogP contribution in [0.5, 0.6) is 0 Å². The van der Waals surface area contributed by atoms with Crippen LogP contribution < -0.4 is 4.90 Å². The average molecular weight is 498 g/mol. The van der Waals surface area contributed by atoms with Gasteiger partial charge < -0.3 is 14.4 Å². The first kappa shape index (κ1) is 24.2. The first-order valence-electron chi connectivity index (χ1n) is 10.6. The number of piperazine rings is 1. The van der Waals surface area contributed by atoms with Crippen molar-refractivity contribution in [2.24, 2.45) is 0 Å². The van der Waals surface area contributed by atoms with Gasteiger partial charge in [0, 0.05) is 43.4 Å². The first-order valence-corrected chi connectivity index (χ1v) is 11.0. The van der Waals surface area contributed by atoms with Crippen LogP contribution in [0, 0.1) is 0 Å². The summed E-state index contributed by atoms with van der Waals surface area (Å²) < 4.78 is 50.7. The van der Waals surface area contributed by atoms with Crippen molar-refractivity contribution in [2.75, 3.05) is 44.7 Å². The summed E-state index contributed by atoms with van der Waals surface area (Å²) in [5.41, 5.74) is -0.0190. The van der Waals surface area contributed by atoms with Gasteiger partial charge >= 0.3 is 18.4 Å². The van der Waals surface area contributed by atoms with Gasteiger partial charge in [0.1, 0.15) is 12.1 Å². The monoisotopic (exact) mass is 497 g/mol. The van der Waals surface area contributed by atoms with Crippen molar-refractivity contribution < 1.29 is 32.2 Å². The van der Waals surface area contributed by atoms with Gasteiger partial charge in [0.05, 0.1) is 12.7 Å². The number of cyclic esters (lactones) is 1. The van der Waals surface area contributed by atoms with Crippen LogP contribution in [0.25, 0.3) is 0 Å². The number of hydrogen-bond donors (Lipinski definition) is 0. The summed E-state index contributed by atoms with van der Waals surface area (Å²) in [4.78, 5) is 29.6. The second-order valence-corrected chi connectivity index (χ2v) is 8.53. The maximum Gasteiger partial charge on any atom is 0.416 e. The Hall–Kier alpha value is -2.98. The minimum Gasteiger partial charge on any atom is -0.453 e. The fraction of sp³-hybridized carbons (Fsp3) is 0.391. The number of benzene rings is 2. The number of nitrogens with zero attached hydrogens (tertiary/aromatic N) is 3. The van der Waals surface area contributed by atoms with Crippen LogP contribution >= 0.6 is 11.6 Å². The lowest BCUT2D eigenvalue weighted by Gasteiger charge is -2.35. The quantitative estimate of drug-likeness (QED) is 0.606. The van der Waals surface area contributed by atoms with E-state index in [2.05, 4.69) is 0 Å². The molecule has 4 rings (SSSR count). The summed E-state index contributed by atoms with van der Waals surface area (Å²) in [6.45, 7) is 2.19. The molecule has 0 aromatic heterocycles. The Labute approximate surface area is 199 Å². The normalized spacial score (nSPS) is 21.5. The Bertz CT molecular complexity index is 1040. The largest absolute Gasteiger partial charge is 0.453 e. The molecular formula is C23H23ClF3N3O4. The van der Waals surface area contributed by atoms with E-state index >= 15 is 0 Å². The highest BCUT2D eigenvalue weighted by atomic mass is 35.5. The first-order chi connectivity index (χ1) is 16.2. The van der Waals surface area contributed by atoms with Crippen LogP contribution in [0.15, 0.2) is 48.5 Å². The Balaban J connectivity index is 1.62. The third-order valence-corrected chi connectivity index (χ3v) is 6.23. The molecule has 0 saturated carbocycles. The van der Waals surface area contributed by atoms with Crippen molar-refractivity contribution in [2.45, 2.75) is 18.3 Å². The molecule has 0 spiro atoms. The molecule has 0 unspecified atom stereocenters.